The van der Waals surface area contributed by atoms with Crippen LogP contribution in [0.5, 0.6) is 5.75 Å². The molecule has 23 heavy (non-hydrogen) atoms. The molecule has 0 bridgehead atoms. The van der Waals surface area contributed by atoms with Gasteiger partial charge in [0.15, 0.2) is 0 Å². The van der Waals surface area contributed by atoms with E-state index >= 15 is 0 Å². The maximum absolute atomic E-state index is 11.7. The van der Waals surface area contributed by atoms with Crippen LogP contribution in [0.25, 0.3) is 0 Å². The van der Waals surface area contributed by atoms with E-state index in [1.54, 1.807) is 14.2 Å². The van der Waals surface area contributed by atoms with Gasteiger partial charge in [0, 0.05) is 32.4 Å². The molecule has 1 heterocycles. The minimum Gasteiger partial charge on any atom is -0.496 e. The Morgan fingerprint density at radius 3 is 2.78 bits per heavy atom. The number of amides is 1. The third-order valence-corrected chi connectivity index (χ3v) is 4.22. The van der Waals surface area contributed by atoms with Crippen LogP contribution >= 0.6 is 0 Å². The summed E-state index contributed by atoms with van der Waals surface area (Å²) in [5.74, 6) is 0.512. The van der Waals surface area contributed by atoms with Gasteiger partial charge >= 0.3 is 0 Å². The van der Waals surface area contributed by atoms with Gasteiger partial charge in [-0.1, -0.05) is 6.07 Å². The molecule has 0 aliphatic carbocycles. The van der Waals surface area contributed by atoms with Crippen molar-refractivity contribution in [2.75, 3.05) is 27.4 Å². The highest BCUT2D eigenvalue weighted by Crippen LogP contribution is 2.25. The van der Waals surface area contributed by atoms with Gasteiger partial charge in [0.1, 0.15) is 5.75 Å². The van der Waals surface area contributed by atoms with Crippen LogP contribution in [-0.2, 0) is 27.4 Å². The average molecular weight is 322 g/mol. The number of nitrogens with zero attached hydrogens (tertiary/aromatic N) is 1. The fraction of sp³-hybridized carbons (Fsp3) is 0.588. The van der Waals surface area contributed by atoms with Gasteiger partial charge in [0.2, 0.25) is 5.91 Å². The molecule has 6 heteroatoms. The second kappa shape index (κ2) is 8.29. The maximum Gasteiger partial charge on any atom is 0.234 e. The molecule has 0 radical (unpaired) electrons. The zero-order chi connectivity index (χ0) is 16.8. The van der Waals surface area contributed by atoms with Crippen LogP contribution in [-0.4, -0.2) is 50.3 Å². The molecule has 1 aliphatic heterocycles. The number of methoxy groups -OCH3 is 2. The first kappa shape index (κ1) is 17.7. The van der Waals surface area contributed by atoms with E-state index in [-0.39, 0.29) is 18.1 Å². The van der Waals surface area contributed by atoms with Gasteiger partial charge in [-0.15, -0.1) is 0 Å². The smallest absolute Gasteiger partial charge is 0.234 e. The SMILES string of the molecule is CCOCc1cc(CN2C[C@@H](OC)C[C@H]2C(N)=O)ccc1OC. The highest BCUT2D eigenvalue weighted by atomic mass is 16.5. The molecular weight excluding hydrogens is 296 g/mol. The van der Waals surface area contributed by atoms with Gasteiger partial charge in [-0.3, -0.25) is 9.69 Å². The van der Waals surface area contributed by atoms with Crippen molar-refractivity contribution in [3.05, 3.63) is 29.3 Å². The number of primary amides is 1. The molecule has 6 nitrogen and oxygen atoms in total. The summed E-state index contributed by atoms with van der Waals surface area (Å²) in [6.45, 7) is 4.47. The summed E-state index contributed by atoms with van der Waals surface area (Å²) in [5, 5.41) is 0. The molecule has 1 aromatic carbocycles. The van der Waals surface area contributed by atoms with E-state index in [9.17, 15) is 4.79 Å². The van der Waals surface area contributed by atoms with Crippen molar-refractivity contribution in [1.29, 1.82) is 0 Å². The fourth-order valence-corrected chi connectivity index (χ4v) is 2.99. The number of likely N-dealkylation sites (tertiary alicyclic amines) is 1. The predicted molar refractivity (Wildman–Crippen MR) is 87.1 cm³/mol. The molecule has 0 spiro atoms. The Kier molecular flexibility index (Phi) is 6.38. The lowest BCUT2D eigenvalue weighted by Crippen LogP contribution is -2.39. The van der Waals surface area contributed by atoms with Crippen molar-refractivity contribution < 1.29 is 19.0 Å². The number of hydrogen-bond donors (Lipinski definition) is 1. The number of hydrogen-bond acceptors (Lipinski definition) is 5. The van der Waals surface area contributed by atoms with Crippen molar-refractivity contribution in [3.63, 3.8) is 0 Å². The standard InChI is InChI=1S/C17H26N2O4/c1-4-23-11-13-7-12(5-6-16(13)22-3)9-19-10-14(21-2)8-15(19)17(18)20/h5-7,14-15H,4,8-11H2,1-3H3,(H2,18,20)/t14-,15-/m0/s1. The third-order valence-electron chi connectivity index (χ3n) is 4.22. The Balaban J connectivity index is 2.13. The Morgan fingerprint density at radius 2 is 2.17 bits per heavy atom. The monoisotopic (exact) mass is 322 g/mol. The van der Waals surface area contributed by atoms with Crippen molar-refractivity contribution in [2.24, 2.45) is 5.73 Å². The summed E-state index contributed by atoms with van der Waals surface area (Å²) in [4.78, 5) is 13.7. The summed E-state index contributed by atoms with van der Waals surface area (Å²) >= 11 is 0. The molecule has 0 aromatic heterocycles. The largest absolute Gasteiger partial charge is 0.496 e. The van der Waals surface area contributed by atoms with Crippen LogP contribution in [0.3, 0.4) is 0 Å². The van der Waals surface area contributed by atoms with Crippen LogP contribution in [0.15, 0.2) is 18.2 Å². The molecule has 2 rings (SSSR count). The zero-order valence-corrected chi connectivity index (χ0v) is 14.1. The first-order valence-electron chi connectivity index (χ1n) is 7.88. The normalized spacial score (nSPS) is 21.5. The lowest BCUT2D eigenvalue weighted by Gasteiger charge is -2.22. The fourth-order valence-electron chi connectivity index (χ4n) is 2.99. The Labute approximate surface area is 137 Å². The van der Waals surface area contributed by atoms with Gasteiger partial charge in [-0.05, 0) is 31.0 Å². The molecule has 128 valence electrons. The molecular formula is C17H26N2O4. The number of carbonyl (C=O) groups excluding carboxylic acids is 1. The van der Waals surface area contributed by atoms with Gasteiger partial charge in [-0.2, -0.15) is 0 Å². The molecule has 1 saturated heterocycles. The second-order valence-electron chi connectivity index (χ2n) is 5.72. The van der Waals surface area contributed by atoms with Gasteiger partial charge in [-0.25, -0.2) is 0 Å². The topological polar surface area (TPSA) is 74.0 Å². The molecule has 0 unspecified atom stereocenters. The molecule has 0 saturated carbocycles. The van der Waals surface area contributed by atoms with Crippen LogP contribution in [0.2, 0.25) is 0 Å². The Hall–Kier alpha value is -1.63. The van der Waals surface area contributed by atoms with Crippen molar-refractivity contribution >= 4 is 5.91 Å². The quantitative estimate of drug-likeness (QED) is 0.781. The van der Waals surface area contributed by atoms with E-state index < -0.39 is 0 Å². The third kappa shape index (κ3) is 4.43. The first-order chi connectivity index (χ1) is 11.1. The van der Waals surface area contributed by atoms with Crippen LogP contribution < -0.4 is 10.5 Å². The van der Waals surface area contributed by atoms with Crippen molar-refractivity contribution in [2.45, 2.75) is 38.6 Å². The van der Waals surface area contributed by atoms with Crippen LogP contribution in [0.1, 0.15) is 24.5 Å². The summed E-state index contributed by atoms with van der Waals surface area (Å²) < 4.78 is 16.2. The number of nitrogens with two attached hydrogens (primary N) is 1. The predicted octanol–water partition coefficient (Wildman–Crippen LogP) is 1.31. The molecule has 1 amide bonds. The van der Waals surface area contributed by atoms with Gasteiger partial charge in [0.25, 0.3) is 0 Å². The summed E-state index contributed by atoms with van der Waals surface area (Å²) in [6, 6.07) is 5.73. The molecule has 2 atom stereocenters. The van der Waals surface area contributed by atoms with Crippen molar-refractivity contribution in [1.82, 2.24) is 4.90 Å². The lowest BCUT2D eigenvalue weighted by atomic mass is 10.1. The molecule has 1 aromatic rings. The first-order valence-corrected chi connectivity index (χ1v) is 7.88. The van der Waals surface area contributed by atoms with Crippen LogP contribution in [0.4, 0.5) is 0 Å². The summed E-state index contributed by atoms with van der Waals surface area (Å²) in [6.07, 6.45) is 0.696. The minimum atomic E-state index is -0.299. The molecule has 2 N–H and O–H groups in total. The average Bonchev–Trinajstić information content (AvgIpc) is 2.96. The number of rotatable bonds is 8. The lowest BCUT2D eigenvalue weighted by molar-refractivity contribution is -0.122. The number of ether oxygens (including phenoxy) is 3. The van der Waals surface area contributed by atoms with E-state index in [4.69, 9.17) is 19.9 Å². The van der Waals surface area contributed by atoms with E-state index in [0.29, 0.717) is 32.7 Å². The van der Waals surface area contributed by atoms with Gasteiger partial charge in [0.05, 0.1) is 25.9 Å². The minimum absolute atomic E-state index is 0.0497. The Bertz CT molecular complexity index is 535. The van der Waals surface area contributed by atoms with Gasteiger partial charge < -0.3 is 19.9 Å². The summed E-state index contributed by atoms with van der Waals surface area (Å²) in [7, 11) is 3.32. The number of benzene rings is 1. The van der Waals surface area contributed by atoms with E-state index in [1.165, 1.54) is 0 Å². The second-order valence-corrected chi connectivity index (χ2v) is 5.72. The van der Waals surface area contributed by atoms with Crippen LogP contribution in [0, 0.1) is 0 Å². The highest BCUT2D eigenvalue weighted by molar-refractivity contribution is 5.80. The molecule has 1 aliphatic rings. The van der Waals surface area contributed by atoms with Crippen molar-refractivity contribution in [3.8, 4) is 5.75 Å². The highest BCUT2D eigenvalue weighted by Gasteiger charge is 2.35. The Morgan fingerprint density at radius 1 is 1.39 bits per heavy atom. The number of carbonyl (C=O) groups is 1. The van der Waals surface area contributed by atoms with E-state index in [2.05, 4.69) is 11.0 Å². The van der Waals surface area contributed by atoms with E-state index in [1.807, 2.05) is 19.1 Å². The maximum atomic E-state index is 11.7. The van der Waals surface area contributed by atoms with E-state index in [0.717, 1.165) is 16.9 Å². The molecule has 1 fully saturated rings. The summed E-state index contributed by atoms with van der Waals surface area (Å²) in [5.41, 5.74) is 7.63. The zero-order valence-electron chi connectivity index (χ0n) is 14.1.